The second-order valence-corrected chi connectivity index (χ2v) is 6.93. The molecule has 1 heterocycles. The molecular weight excluding hydrogens is 328 g/mol. The number of halogens is 1. The van der Waals surface area contributed by atoms with Crippen molar-refractivity contribution >= 4 is 29.1 Å². The van der Waals surface area contributed by atoms with Gasteiger partial charge in [0.2, 0.25) is 5.91 Å². The first kappa shape index (κ1) is 18.6. The first-order valence-electron chi connectivity index (χ1n) is 8.38. The topological polar surface area (TPSA) is 49.9 Å². The molecule has 0 saturated carbocycles. The van der Waals surface area contributed by atoms with Gasteiger partial charge in [-0.1, -0.05) is 25.4 Å². The van der Waals surface area contributed by atoms with Crippen LogP contribution in [0.25, 0.3) is 0 Å². The zero-order chi connectivity index (χ0) is 17.9. The van der Waals surface area contributed by atoms with Gasteiger partial charge in [0.1, 0.15) is 12.3 Å². The average Bonchev–Trinajstić information content (AvgIpc) is 2.52. The van der Waals surface area contributed by atoms with Gasteiger partial charge in [0, 0.05) is 18.1 Å². The van der Waals surface area contributed by atoms with E-state index in [-0.39, 0.29) is 18.4 Å². The highest BCUT2D eigenvalue weighted by Gasteiger charge is 2.42. The van der Waals surface area contributed by atoms with Crippen LogP contribution in [0.3, 0.4) is 0 Å². The molecule has 0 saturated heterocycles. The van der Waals surface area contributed by atoms with E-state index in [4.69, 9.17) is 16.3 Å². The van der Waals surface area contributed by atoms with Crippen LogP contribution in [-0.2, 0) is 9.59 Å². The Morgan fingerprint density at radius 2 is 1.88 bits per heavy atom. The van der Waals surface area contributed by atoms with Crippen molar-refractivity contribution in [3.8, 4) is 5.75 Å². The molecule has 1 aromatic rings. The van der Waals surface area contributed by atoms with Gasteiger partial charge >= 0.3 is 0 Å². The number of rotatable bonds is 6. The third-order valence-electron chi connectivity index (χ3n) is 3.97. The molecule has 2 amide bonds. The number of hydrogen-bond donors (Lipinski definition) is 0. The zero-order valence-electron chi connectivity index (χ0n) is 14.8. The monoisotopic (exact) mass is 352 g/mol. The standard InChI is InChI=1S/C18H25ClN2O3/c1-5-9-20(10-6-2)16(22)12-21-14-11-13(19)7-8-15(14)24-18(3,4)17(21)23/h7-8,11H,5-6,9-10,12H2,1-4H3. The van der Waals surface area contributed by atoms with E-state index in [2.05, 4.69) is 0 Å². The van der Waals surface area contributed by atoms with Crippen LogP contribution in [0.5, 0.6) is 5.75 Å². The molecule has 132 valence electrons. The minimum Gasteiger partial charge on any atom is -0.476 e. The Morgan fingerprint density at radius 1 is 1.25 bits per heavy atom. The summed E-state index contributed by atoms with van der Waals surface area (Å²) in [6.45, 7) is 8.87. The minimum absolute atomic E-state index is 0.00103. The number of nitrogens with zero attached hydrogens (tertiary/aromatic N) is 2. The summed E-state index contributed by atoms with van der Waals surface area (Å²) < 4.78 is 5.78. The van der Waals surface area contributed by atoms with Crippen molar-refractivity contribution in [2.24, 2.45) is 0 Å². The number of carbonyl (C=O) groups excluding carboxylic acids is 2. The van der Waals surface area contributed by atoms with E-state index in [1.807, 2.05) is 13.8 Å². The number of anilines is 1. The van der Waals surface area contributed by atoms with Gasteiger partial charge in [0.15, 0.2) is 5.60 Å². The Labute approximate surface area is 148 Å². The summed E-state index contributed by atoms with van der Waals surface area (Å²) >= 11 is 6.07. The highest BCUT2D eigenvalue weighted by molar-refractivity contribution is 6.31. The SMILES string of the molecule is CCCN(CCC)C(=O)CN1C(=O)C(C)(C)Oc2ccc(Cl)cc21. The third kappa shape index (κ3) is 3.83. The van der Waals surface area contributed by atoms with Crippen LogP contribution in [-0.4, -0.2) is 41.9 Å². The number of hydrogen-bond acceptors (Lipinski definition) is 3. The molecule has 1 aromatic carbocycles. The predicted octanol–water partition coefficient (Wildman–Crippen LogP) is 3.49. The largest absolute Gasteiger partial charge is 0.476 e. The quantitative estimate of drug-likeness (QED) is 0.787. The molecule has 0 aromatic heterocycles. The fourth-order valence-electron chi connectivity index (χ4n) is 2.83. The smallest absolute Gasteiger partial charge is 0.271 e. The number of ether oxygens (including phenoxy) is 1. The lowest BCUT2D eigenvalue weighted by molar-refractivity contribution is -0.136. The zero-order valence-corrected chi connectivity index (χ0v) is 15.5. The lowest BCUT2D eigenvalue weighted by Gasteiger charge is -2.39. The van der Waals surface area contributed by atoms with Crippen LogP contribution in [0.2, 0.25) is 5.02 Å². The number of fused-ring (bicyclic) bond motifs is 1. The maximum absolute atomic E-state index is 12.8. The molecule has 0 aliphatic carbocycles. The van der Waals surface area contributed by atoms with Crippen molar-refractivity contribution in [2.75, 3.05) is 24.5 Å². The fraction of sp³-hybridized carbons (Fsp3) is 0.556. The number of carbonyl (C=O) groups is 2. The van der Waals surface area contributed by atoms with Crippen molar-refractivity contribution < 1.29 is 14.3 Å². The maximum atomic E-state index is 12.8. The Bertz CT molecular complexity index is 625. The first-order valence-corrected chi connectivity index (χ1v) is 8.76. The van der Waals surface area contributed by atoms with Crippen LogP contribution < -0.4 is 9.64 Å². The molecule has 0 N–H and O–H groups in total. The second kappa shape index (κ2) is 7.43. The summed E-state index contributed by atoms with van der Waals surface area (Å²) in [6.07, 6.45) is 1.77. The van der Waals surface area contributed by atoms with Gasteiger partial charge in [-0.25, -0.2) is 0 Å². The third-order valence-corrected chi connectivity index (χ3v) is 4.21. The molecule has 0 radical (unpaired) electrons. The Hall–Kier alpha value is -1.75. The predicted molar refractivity (Wildman–Crippen MR) is 95.7 cm³/mol. The van der Waals surface area contributed by atoms with Gasteiger partial charge in [-0.3, -0.25) is 14.5 Å². The minimum atomic E-state index is -1.01. The van der Waals surface area contributed by atoms with E-state index >= 15 is 0 Å². The van der Waals surface area contributed by atoms with Crippen LogP contribution >= 0.6 is 11.6 Å². The molecule has 5 nitrogen and oxygen atoms in total. The van der Waals surface area contributed by atoms with E-state index in [1.54, 1.807) is 36.9 Å². The van der Waals surface area contributed by atoms with Crippen molar-refractivity contribution in [2.45, 2.75) is 46.1 Å². The van der Waals surface area contributed by atoms with Crippen LogP contribution in [0.15, 0.2) is 18.2 Å². The molecule has 6 heteroatoms. The molecule has 1 aliphatic rings. The van der Waals surface area contributed by atoms with Gasteiger partial charge < -0.3 is 9.64 Å². The van der Waals surface area contributed by atoms with Gasteiger partial charge in [-0.2, -0.15) is 0 Å². The summed E-state index contributed by atoms with van der Waals surface area (Å²) in [7, 11) is 0. The lowest BCUT2D eigenvalue weighted by atomic mass is 10.0. The highest BCUT2D eigenvalue weighted by Crippen LogP contribution is 2.39. The van der Waals surface area contributed by atoms with Gasteiger partial charge in [0.25, 0.3) is 5.91 Å². The molecule has 2 rings (SSSR count). The first-order chi connectivity index (χ1) is 11.3. The Morgan fingerprint density at radius 3 is 2.46 bits per heavy atom. The average molecular weight is 353 g/mol. The molecule has 1 aliphatic heterocycles. The van der Waals surface area contributed by atoms with Crippen LogP contribution in [0.1, 0.15) is 40.5 Å². The van der Waals surface area contributed by atoms with E-state index in [0.717, 1.165) is 12.8 Å². The lowest BCUT2D eigenvalue weighted by Crippen LogP contribution is -2.55. The normalized spacial score (nSPS) is 15.7. The summed E-state index contributed by atoms with van der Waals surface area (Å²) in [6, 6.07) is 5.12. The fourth-order valence-corrected chi connectivity index (χ4v) is 3.00. The summed E-state index contributed by atoms with van der Waals surface area (Å²) in [5.41, 5.74) is -0.463. The van der Waals surface area contributed by atoms with Gasteiger partial charge in [-0.05, 0) is 44.9 Å². The van der Waals surface area contributed by atoms with Crippen molar-refractivity contribution in [3.63, 3.8) is 0 Å². The molecule has 0 atom stereocenters. The molecule has 24 heavy (non-hydrogen) atoms. The summed E-state index contributed by atoms with van der Waals surface area (Å²) in [5, 5.41) is 0.501. The van der Waals surface area contributed by atoms with Gasteiger partial charge in [0.05, 0.1) is 5.69 Å². The van der Waals surface area contributed by atoms with E-state index in [0.29, 0.717) is 29.5 Å². The highest BCUT2D eigenvalue weighted by atomic mass is 35.5. The molecule has 0 unspecified atom stereocenters. The molecule has 0 spiro atoms. The Kier molecular flexibility index (Phi) is 5.75. The molecular formula is C18H25ClN2O3. The second-order valence-electron chi connectivity index (χ2n) is 6.50. The maximum Gasteiger partial charge on any atom is 0.271 e. The van der Waals surface area contributed by atoms with E-state index in [9.17, 15) is 9.59 Å². The summed E-state index contributed by atoms with van der Waals surface area (Å²) in [4.78, 5) is 28.8. The number of amides is 2. The number of benzene rings is 1. The van der Waals surface area contributed by atoms with E-state index < -0.39 is 5.60 Å². The Balaban J connectivity index is 2.32. The molecule has 0 fully saturated rings. The van der Waals surface area contributed by atoms with Gasteiger partial charge in [-0.15, -0.1) is 0 Å². The molecule has 0 bridgehead atoms. The van der Waals surface area contributed by atoms with Crippen molar-refractivity contribution in [3.05, 3.63) is 23.2 Å². The van der Waals surface area contributed by atoms with E-state index in [1.165, 1.54) is 4.90 Å². The van der Waals surface area contributed by atoms with Crippen molar-refractivity contribution in [1.29, 1.82) is 0 Å². The van der Waals surface area contributed by atoms with Crippen LogP contribution in [0.4, 0.5) is 5.69 Å². The summed E-state index contributed by atoms with van der Waals surface area (Å²) in [5.74, 6) is 0.267. The van der Waals surface area contributed by atoms with Crippen molar-refractivity contribution in [1.82, 2.24) is 4.90 Å². The van der Waals surface area contributed by atoms with Crippen LogP contribution in [0, 0.1) is 0 Å².